The van der Waals surface area contributed by atoms with Gasteiger partial charge in [0.15, 0.2) is 0 Å². The van der Waals surface area contributed by atoms with E-state index in [0.29, 0.717) is 0 Å². The molecule has 0 N–H and O–H groups in total. The van der Waals surface area contributed by atoms with Crippen LogP contribution in [0.3, 0.4) is 0 Å². The fraction of sp³-hybridized carbons (Fsp3) is 0. The smallest absolute Gasteiger partial charge is 0.0595 e. The van der Waals surface area contributed by atoms with Crippen LogP contribution in [-0.2, 0) is 20.1 Å². The van der Waals surface area contributed by atoms with Crippen LogP contribution >= 0.6 is 0 Å². The molecule has 17 heavy (non-hydrogen) atoms. The molecule has 0 amide bonds. The molecule has 1 radical (unpaired) electrons. The molecule has 0 saturated carbocycles. The quantitative estimate of drug-likeness (QED) is 0.572. The molecule has 3 aromatic rings. The summed E-state index contributed by atoms with van der Waals surface area (Å²) < 4.78 is 0. The van der Waals surface area contributed by atoms with Crippen molar-refractivity contribution >= 4 is 10.9 Å². The minimum absolute atomic E-state index is 0. The molecule has 0 spiro atoms. The van der Waals surface area contributed by atoms with Gasteiger partial charge in [0.05, 0.1) is 5.52 Å². The molecular weight excluding hydrogens is 386 g/mol. The predicted molar refractivity (Wildman–Crippen MR) is 66.0 cm³/mol. The number of rotatable bonds is 1. The van der Waals surface area contributed by atoms with E-state index in [1.54, 1.807) is 0 Å². The van der Waals surface area contributed by atoms with Crippen molar-refractivity contribution in [1.29, 1.82) is 0 Å². The van der Waals surface area contributed by atoms with Gasteiger partial charge in [0, 0.05) is 20.1 Å². The SMILES string of the molecule is [Ir].[c-]1ccccc1-c1ccc2ccccc2n1. The molecule has 85 valence electrons. The number of pyridine rings is 1. The molecule has 1 heterocycles. The van der Waals surface area contributed by atoms with Crippen LogP contribution in [0.5, 0.6) is 0 Å². The molecule has 0 saturated heterocycles. The number of hydrogen-bond acceptors (Lipinski definition) is 1. The summed E-state index contributed by atoms with van der Waals surface area (Å²) in [6.45, 7) is 0. The summed E-state index contributed by atoms with van der Waals surface area (Å²) in [5.74, 6) is 0. The maximum atomic E-state index is 4.61. The average molecular weight is 396 g/mol. The molecule has 1 aromatic heterocycles. The Balaban J connectivity index is 0.00000108. The van der Waals surface area contributed by atoms with Gasteiger partial charge in [-0.15, -0.1) is 35.9 Å². The first kappa shape index (κ1) is 12.0. The molecule has 1 nitrogen and oxygen atoms in total. The van der Waals surface area contributed by atoms with Gasteiger partial charge in [0.25, 0.3) is 0 Å². The summed E-state index contributed by atoms with van der Waals surface area (Å²) in [7, 11) is 0. The van der Waals surface area contributed by atoms with Gasteiger partial charge >= 0.3 is 0 Å². The zero-order valence-corrected chi connectivity index (χ0v) is 11.4. The minimum Gasteiger partial charge on any atom is -0.296 e. The van der Waals surface area contributed by atoms with Crippen LogP contribution in [0, 0.1) is 6.07 Å². The van der Waals surface area contributed by atoms with Gasteiger partial charge in [-0.05, 0) is 17.1 Å². The van der Waals surface area contributed by atoms with E-state index in [4.69, 9.17) is 0 Å². The Labute approximate surface area is 114 Å². The monoisotopic (exact) mass is 397 g/mol. The van der Waals surface area contributed by atoms with Crippen LogP contribution in [0.15, 0.2) is 60.7 Å². The van der Waals surface area contributed by atoms with E-state index in [9.17, 15) is 0 Å². The Morgan fingerprint density at radius 1 is 0.824 bits per heavy atom. The second-order valence-electron chi connectivity index (χ2n) is 3.67. The van der Waals surface area contributed by atoms with Crippen LogP contribution in [0.2, 0.25) is 0 Å². The van der Waals surface area contributed by atoms with Gasteiger partial charge in [-0.1, -0.05) is 30.3 Å². The largest absolute Gasteiger partial charge is 0.296 e. The molecule has 0 aliphatic heterocycles. The van der Waals surface area contributed by atoms with Crippen LogP contribution in [0.4, 0.5) is 0 Å². The van der Waals surface area contributed by atoms with Gasteiger partial charge in [0.1, 0.15) is 0 Å². The van der Waals surface area contributed by atoms with Crippen molar-refractivity contribution in [3.05, 3.63) is 66.7 Å². The second kappa shape index (κ2) is 5.22. The number of nitrogens with zero attached hydrogens (tertiary/aromatic N) is 1. The molecule has 0 fully saturated rings. The molecule has 2 aromatic carbocycles. The van der Waals surface area contributed by atoms with E-state index in [2.05, 4.69) is 23.2 Å². The Kier molecular flexibility index (Phi) is 3.68. The Hall–Kier alpha value is -1.50. The summed E-state index contributed by atoms with van der Waals surface area (Å²) >= 11 is 0. The van der Waals surface area contributed by atoms with Crippen LogP contribution < -0.4 is 0 Å². The number of benzene rings is 2. The van der Waals surface area contributed by atoms with E-state index in [1.165, 1.54) is 5.39 Å². The number of para-hydroxylation sites is 1. The molecule has 2 heteroatoms. The van der Waals surface area contributed by atoms with Gasteiger partial charge < -0.3 is 0 Å². The third-order valence-corrected chi connectivity index (χ3v) is 2.58. The molecule has 0 atom stereocenters. The van der Waals surface area contributed by atoms with E-state index >= 15 is 0 Å². The van der Waals surface area contributed by atoms with Crippen molar-refractivity contribution in [2.75, 3.05) is 0 Å². The van der Waals surface area contributed by atoms with Gasteiger partial charge in [-0.2, -0.15) is 0 Å². The Morgan fingerprint density at radius 2 is 1.65 bits per heavy atom. The fourth-order valence-electron chi connectivity index (χ4n) is 1.77. The molecule has 0 bridgehead atoms. The molecular formula is C15H10IrN-. The summed E-state index contributed by atoms with van der Waals surface area (Å²) in [5, 5.41) is 1.17. The normalized spacial score (nSPS) is 9.88. The minimum atomic E-state index is 0. The molecule has 0 aliphatic carbocycles. The van der Waals surface area contributed by atoms with E-state index in [-0.39, 0.29) is 20.1 Å². The van der Waals surface area contributed by atoms with Crippen LogP contribution in [0.25, 0.3) is 22.2 Å². The third kappa shape index (κ3) is 2.44. The number of aromatic nitrogens is 1. The fourth-order valence-corrected chi connectivity index (χ4v) is 1.77. The van der Waals surface area contributed by atoms with Crippen molar-refractivity contribution in [2.24, 2.45) is 0 Å². The van der Waals surface area contributed by atoms with Crippen molar-refractivity contribution in [2.45, 2.75) is 0 Å². The third-order valence-electron chi connectivity index (χ3n) is 2.58. The van der Waals surface area contributed by atoms with Gasteiger partial charge in [-0.3, -0.25) is 4.98 Å². The van der Waals surface area contributed by atoms with Crippen molar-refractivity contribution in [3.63, 3.8) is 0 Å². The number of fused-ring (bicyclic) bond motifs is 1. The summed E-state index contributed by atoms with van der Waals surface area (Å²) in [5.41, 5.74) is 3.03. The Bertz CT molecular complexity index is 620. The summed E-state index contributed by atoms with van der Waals surface area (Å²) in [6, 6.07) is 23.4. The summed E-state index contributed by atoms with van der Waals surface area (Å²) in [4.78, 5) is 4.61. The van der Waals surface area contributed by atoms with Crippen molar-refractivity contribution < 1.29 is 20.1 Å². The topological polar surface area (TPSA) is 12.9 Å². The van der Waals surface area contributed by atoms with Crippen LogP contribution in [0.1, 0.15) is 0 Å². The standard InChI is InChI=1S/C15H10N.Ir/c1-2-6-12(7-3-1)15-11-10-13-8-4-5-9-14(13)16-15;/h1-6,8-11H;/q-1;. The Morgan fingerprint density at radius 3 is 2.47 bits per heavy atom. The predicted octanol–water partition coefficient (Wildman–Crippen LogP) is 3.70. The molecule has 0 aliphatic rings. The van der Waals surface area contributed by atoms with Crippen molar-refractivity contribution in [1.82, 2.24) is 4.98 Å². The van der Waals surface area contributed by atoms with Gasteiger partial charge in [-0.25, -0.2) is 0 Å². The van der Waals surface area contributed by atoms with E-state index < -0.39 is 0 Å². The molecule has 3 rings (SSSR count). The molecule has 0 unspecified atom stereocenters. The number of hydrogen-bond donors (Lipinski definition) is 0. The van der Waals surface area contributed by atoms with E-state index in [1.807, 2.05) is 48.5 Å². The maximum Gasteiger partial charge on any atom is 0.0595 e. The summed E-state index contributed by atoms with van der Waals surface area (Å²) in [6.07, 6.45) is 0. The van der Waals surface area contributed by atoms with Crippen LogP contribution in [-0.4, -0.2) is 4.98 Å². The zero-order chi connectivity index (χ0) is 10.8. The second-order valence-corrected chi connectivity index (χ2v) is 3.67. The maximum absolute atomic E-state index is 4.61. The van der Waals surface area contributed by atoms with Crippen molar-refractivity contribution in [3.8, 4) is 11.3 Å². The van der Waals surface area contributed by atoms with E-state index in [0.717, 1.165) is 16.8 Å². The first-order valence-corrected chi connectivity index (χ1v) is 5.26. The van der Waals surface area contributed by atoms with Gasteiger partial charge in [0.2, 0.25) is 0 Å². The first-order chi connectivity index (χ1) is 7.93. The zero-order valence-electron chi connectivity index (χ0n) is 9.05. The first-order valence-electron chi connectivity index (χ1n) is 5.26. The average Bonchev–Trinajstić information content (AvgIpc) is 2.39.